The maximum atomic E-state index is 5.70. The van der Waals surface area contributed by atoms with E-state index in [1.54, 1.807) is 21.3 Å². The minimum Gasteiger partial charge on any atom is -0.496 e. The van der Waals surface area contributed by atoms with E-state index in [0.29, 0.717) is 5.92 Å². The average Bonchev–Trinajstić information content (AvgIpc) is 2.50. The van der Waals surface area contributed by atoms with Crippen molar-refractivity contribution in [2.45, 2.75) is 25.6 Å². The van der Waals surface area contributed by atoms with E-state index in [0.717, 1.165) is 18.6 Å². The van der Waals surface area contributed by atoms with Gasteiger partial charge in [-0.05, 0) is 30.4 Å². The Kier molecular flexibility index (Phi) is 4.84. The van der Waals surface area contributed by atoms with Crippen LogP contribution < -0.4 is 0 Å². The van der Waals surface area contributed by atoms with Crippen LogP contribution in [0.1, 0.15) is 18.9 Å². The third-order valence-electron chi connectivity index (χ3n) is 4.42. The summed E-state index contributed by atoms with van der Waals surface area (Å²) in [7, 11) is 5.03. The molecule has 0 amide bonds. The fourth-order valence-corrected chi connectivity index (χ4v) is 3.20. The van der Waals surface area contributed by atoms with E-state index >= 15 is 0 Å². The molecule has 0 aromatic heterocycles. The molecule has 1 aliphatic rings. The first-order chi connectivity index (χ1) is 9.67. The standard InChI is InChI=1S/C17H24O3/c1-13-15(12-14-8-6-5-7-9-14)10-11-16(18-2)17(13,19-3)20-4/h5-9,11,13,15H,10,12H2,1-4H3. The Morgan fingerprint density at radius 2 is 1.75 bits per heavy atom. The molecule has 1 aliphatic carbocycles. The molecule has 0 bridgehead atoms. The summed E-state index contributed by atoms with van der Waals surface area (Å²) < 4.78 is 16.9. The van der Waals surface area contributed by atoms with E-state index in [9.17, 15) is 0 Å². The van der Waals surface area contributed by atoms with Crippen LogP contribution in [0.15, 0.2) is 42.2 Å². The van der Waals surface area contributed by atoms with Crippen LogP contribution in [0.2, 0.25) is 0 Å². The van der Waals surface area contributed by atoms with Gasteiger partial charge in [0.1, 0.15) is 0 Å². The first-order valence-electron chi connectivity index (χ1n) is 7.06. The predicted octanol–water partition coefficient (Wildman–Crippen LogP) is 3.40. The Morgan fingerprint density at radius 3 is 2.30 bits per heavy atom. The maximum Gasteiger partial charge on any atom is 0.229 e. The maximum absolute atomic E-state index is 5.70. The van der Waals surface area contributed by atoms with Crippen LogP contribution in [-0.2, 0) is 20.6 Å². The minimum atomic E-state index is -0.771. The van der Waals surface area contributed by atoms with Gasteiger partial charge < -0.3 is 14.2 Å². The highest BCUT2D eigenvalue weighted by Crippen LogP contribution is 2.42. The highest BCUT2D eigenvalue weighted by Gasteiger charge is 2.47. The molecule has 20 heavy (non-hydrogen) atoms. The van der Waals surface area contributed by atoms with E-state index in [1.165, 1.54) is 5.56 Å². The van der Waals surface area contributed by atoms with Crippen molar-refractivity contribution in [3.63, 3.8) is 0 Å². The second kappa shape index (κ2) is 6.42. The van der Waals surface area contributed by atoms with E-state index in [4.69, 9.17) is 14.2 Å². The number of hydrogen-bond acceptors (Lipinski definition) is 3. The molecule has 2 atom stereocenters. The molecular weight excluding hydrogens is 252 g/mol. The zero-order valence-corrected chi connectivity index (χ0v) is 12.8. The van der Waals surface area contributed by atoms with Crippen molar-refractivity contribution in [1.29, 1.82) is 0 Å². The minimum absolute atomic E-state index is 0.220. The van der Waals surface area contributed by atoms with Gasteiger partial charge in [-0.2, -0.15) is 0 Å². The first kappa shape index (κ1) is 15.1. The SMILES string of the molecule is COC1=CCC(Cc2ccccc2)C(C)C1(OC)OC. The van der Waals surface area contributed by atoms with Gasteiger partial charge in [-0.25, -0.2) is 0 Å². The van der Waals surface area contributed by atoms with Crippen LogP contribution in [-0.4, -0.2) is 27.1 Å². The smallest absolute Gasteiger partial charge is 0.229 e. The summed E-state index contributed by atoms with van der Waals surface area (Å²) in [6.07, 6.45) is 4.10. The molecule has 2 rings (SSSR count). The molecule has 0 fully saturated rings. The van der Waals surface area contributed by atoms with Crippen molar-refractivity contribution in [3.8, 4) is 0 Å². The molecule has 0 radical (unpaired) electrons. The van der Waals surface area contributed by atoms with Crippen molar-refractivity contribution in [2.75, 3.05) is 21.3 Å². The Bertz CT molecular complexity index is 449. The van der Waals surface area contributed by atoms with Gasteiger partial charge in [-0.3, -0.25) is 0 Å². The van der Waals surface area contributed by atoms with Crippen LogP contribution in [0.3, 0.4) is 0 Å². The number of ether oxygens (including phenoxy) is 3. The number of benzene rings is 1. The molecule has 1 aromatic carbocycles. The van der Waals surface area contributed by atoms with E-state index in [1.807, 2.05) is 6.07 Å². The van der Waals surface area contributed by atoms with E-state index in [2.05, 4.69) is 37.3 Å². The molecule has 0 heterocycles. The molecule has 0 N–H and O–H groups in total. The van der Waals surface area contributed by atoms with E-state index < -0.39 is 5.79 Å². The van der Waals surface area contributed by atoms with E-state index in [-0.39, 0.29) is 5.92 Å². The molecule has 1 aromatic rings. The van der Waals surface area contributed by atoms with Gasteiger partial charge in [-0.1, -0.05) is 37.3 Å². The molecule has 2 unspecified atom stereocenters. The Hall–Kier alpha value is -1.32. The summed E-state index contributed by atoms with van der Waals surface area (Å²) in [5, 5.41) is 0. The van der Waals surface area contributed by atoms with Gasteiger partial charge >= 0.3 is 0 Å². The molecule has 0 saturated heterocycles. The summed E-state index contributed by atoms with van der Waals surface area (Å²) in [4.78, 5) is 0. The van der Waals surface area contributed by atoms with Crippen molar-refractivity contribution >= 4 is 0 Å². The van der Waals surface area contributed by atoms with Gasteiger partial charge in [0.15, 0.2) is 5.76 Å². The monoisotopic (exact) mass is 276 g/mol. The number of allylic oxidation sites excluding steroid dienone is 1. The number of rotatable bonds is 5. The molecule has 0 aliphatic heterocycles. The van der Waals surface area contributed by atoms with Crippen molar-refractivity contribution in [2.24, 2.45) is 11.8 Å². The zero-order chi connectivity index (χ0) is 14.6. The predicted molar refractivity (Wildman–Crippen MR) is 79.3 cm³/mol. The molecular formula is C17H24O3. The molecule has 0 saturated carbocycles. The second-order valence-corrected chi connectivity index (χ2v) is 5.32. The van der Waals surface area contributed by atoms with Gasteiger partial charge in [-0.15, -0.1) is 0 Å². The van der Waals surface area contributed by atoms with Crippen LogP contribution in [0.25, 0.3) is 0 Å². The van der Waals surface area contributed by atoms with Crippen molar-refractivity contribution < 1.29 is 14.2 Å². The van der Waals surface area contributed by atoms with Gasteiger partial charge in [0, 0.05) is 20.1 Å². The number of methoxy groups -OCH3 is 3. The third-order valence-corrected chi connectivity index (χ3v) is 4.42. The number of hydrogen-bond donors (Lipinski definition) is 0. The molecule has 3 heteroatoms. The highest BCUT2D eigenvalue weighted by molar-refractivity contribution is 5.19. The average molecular weight is 276 g/mol. The highest BCUT2D eigenvalue weighted by atomic mass is 16.7. The Balaban J connectivity index is 2.23. The summed E-state index contributed by atoms with van der Waals surface area (Å²) in [6, 6.07) is 10.6. The largest absolute Gasteiger partial charge is 0.496 e. The lowest BCUT2D eigenvalue weighted by Gasteiger charge is -2.43. The Labute approximate surface area is 121 Å². The molecule has 110 valence electrons. The summed E-state index contributed by atoms with van der Waals surface area (Å²) in [5.74, 6) is 0.695. The van der Waals surface area contributed by atoms with Crippen LogP contribution in [0.5, 0.6) is 0 Å². The topological polar surface area (TPSA) is 27.7 Å². The van der Waals surface area contributed by atoms with Crippen molar-refractivity contribution in [1.82, 2.24) is 0 Å². The molecule has 0 spiro atoms. The summed E-state index contributed by atoms with van der Waals surface area (Å²) >= 11 is 0. The van der Waals surface area contributed by atoms with Crippen LogP contribution in [0, 0.1) is 11.8 Å². The van der Waals surface area contributed by atoms with Gasteiger partial charge in [0.25, 0.3) is 0 Å². The normalized spacial score (nSPS) is 25.1. The summed E-state index contributed by atoms with van der Waals surface area (Å²) in [5.41, 5.74) is 1.35. The lowest BCUT2D eigenvalue weighted by atomic mass is 9.75. The molecule has 3 nitrogen and oxygen atoms in total. The van der Waals surface area contributed by atoms with Gasteiger partial charge in [0.05, 0.1) is 7.11 Å². The van der Waals surface area contributed by atoms with Crippen LogP contribution in [0.4, 0.5) is 0 Å². The van der Waals surface area contributed by atoms with Gasteiger partial charge in [0.2, 0.25) is 5.79 Å². The fraction of sp³-hybridized carbons (Fsp3) is 0.529. The first-order valence-corrected chi connectivity index (χ1v) is 7.06. The third kappa shape index (κ3) is 2.60. The zero-order valence-electron chi connectivity index (χ0n) is 12.8. The fourth-order valence-electron chi connectivity index (χ4n) is 3.20. The lowest BCUT2D eigenvalue weighted by molar-refractivity contribution is -0.243. The second-order valence-electron chi connectivity index (χ2n) is 5.32. The van der Waals surface area contributed by atoms with Crippen LogP contribution >= 0.6 is 0 Å². The quantitative estimate of drug-likeness (QED) is 0.771. The van der Waals surface area contributed by atoms with Crippen molar-refractivity contribution in [3.05, 3.63) is 47.7 Å². The lowest BCUT2D eigenvalue weighted by Crippen LogP contribution is -2.49. The summed E-state index contributed by atoms with van der Waals surface area (Å²) in [6.45, 7) is 2.17. The Morgan fingerprint density at radius 1 is 1.10 bits per heavy atom.